The number of hydrogen-bond donors (Lipinski definition) is 0. The molecule has 0 amide bonds. The van der Waals surface area contributed by atoms with E-state index in [1.807, 2.05) is 6.92 Å². The van der Waals surface area contributed by atoms with E-state index in [0.29, 0.717) is 0 Å². The minimum Gasteiger partial charge on any atom is -0.0843 e. The van der Waals surface area contributed by atoms with Crippen LogP contribution in [0.5, 0.6) is 0 Å². The maximum atomic E-state index is 3.05. The zero-order valence-electron chi connectivity index (χ0n) is 6.57. The van der Waals surface area contributed by atoms with Crippen molar-refractivity contribution in [1.29, 1.82) is 0 Å². The summed E-state index contributed by atoms with van der Waals surface area (Å²) < 4.78 is 0. The highest BCUT2D eigenvalue weighted by molar-refractivity contribution is 5.11. The fourth-order valence-corrected chi connectivity index (χ4v) is 0.510. The Balaban J connectivity index is 3.45. The van der Waals surface area contributed by atoms with Crippen LogP contribution in [0.2, 0.25) is 0 Å². The number of allylic oxidation sites excluding steroid dienone is 4. The van der Waals surface area contributed by atoms with Crippen molar-refractivity contribution in [2.45, 2.75) is 33.6 Å². The molecule has 0 bridgehead atoms. The van der Waals surface area contributed by atoms with Crippen molar-refractivity contribution >= 4 is 0 Å². The molecule has 0 atom stereocenters. The maximum absolute atomic E-state index is 3.05. The Morgan fingerprint density at radius 1 is 1.56 bits per heavy atom. The summed E-state index contributed by atoms with van der Waals surface area (Å²) in [4.78, 5) is 0. The van der Waals surface area contributed by atoms with Crippen molar-refractivity contribution < 1.29 is 0 Å². The molecule has 0 aromatic rings. The van der Waals surface area contributed by atoms with Gasteiger partial charge in [-0.1, -0.05) is 25.5 Å². The molecule has 0 aromatic carbocycles. The van der Waals surface area contributed by atoms with Crippen LogP contribution in [0, 0.1) is 6.08 Å². The molecule has 0 unspecified atom stereocenters. The zero-order chi connectivity index (χ0) is 7.11. The van der Waals surface area contributed by atoms with E-state index in [1.54, 1.807) is 0 Å². The molecule has 51 valence electrons. The number of hydrogen-bond acceptors (Lipinski definition) is 0. The summed E-state index contributed by atoms with van der Waals surface area (Å²) in [7, 11) is 0. The van der Waals surface area contributed by atoms with Crippen molar-refractivity contribution in [2.75, 3.05) is 0 Å². The van der Waals surface area contributed by atoms with Gasteiger partial charge in [0.05, 0.1) is 0 Å². The molecule has 0 saturated heterocycles. The molecule has 0 spiro atoms. The topological polar surface area (TPSA) is 0 Å². The minimum atomic E-state index is 1.18. The van der Waals surface area contributed by atoms with E-state index in [9.17, 15) is 0 Å². The molecule has 9 heavy (non-hydrogen) atoms. The van der Waals surface area contributed by atoms with Crippen LogP contribution in [0.3, 0.4) is 0 Å². The summed E-state index contributed by atoms with van der Waals surface area (Å²) in [5.74, 6) is 0. The van der Waals surface area contributed by atoms with E-state index < -0.39 is 0 Å². The third-order valence-electron chi connectivity index (χ3n) is 1.22. The molecule has 0 heterocycles. The molecular formula is C9H15. The lowest BCUT2D eigenvalue weighted by atomic mass is 10.2. The Morgan fingerprint density at radius 2 is 2.22 bits per heavy atom. The maximum Gasteiger partial charge on any atom is -0.0350 e. The summed E-state index contributed by atoms with van der Waals surface area (Å²) >= 11 is 0. The van der Waals surface area contributed by atoms with E-state index in [4.69, 9.17) is 0 Å². The summed E-state index contributed by atoms with van der Waals surface area (Å²) in [5.41, 5.74) is 1.23. The van der Waals surface area contributed by atoms with Gasteiger partial charge < -0.3 is 0 Å². The highest BCUT2D eigenvalue weighted by atomic mass is 13.8. The standard InChI is InChI=1S/C9H15/c1-4-6-7-8-9(3)5-2/h7-8H,4,6H2,1-3H3. The first-order valence-corrected chi connectivity index (χ1v) is 3.49. The van der Waals surface area contributed by atoms with Gasteiger partial charge in [-0.3, -0.25) is 0 Å². The van der Waals surface area contributed by atoms with Crippen LogP contribution in [-0.4, -0.2) is 0 Å². The van der Waals surface area contributed by atoms with Gasteiger partial charge in [-0.25, -0.2) is 0 Å². The molecule has 0 saturated carbocycles. The predicted molar refractivity (Wildman–Crippen MR) is 42.2 cm³/mol. The molecule has 0 rings (SSSR count). The molecule has 0 aliphatic heterocycles. The number of rotatable bonds is 3. The Bertz CT molecular complexity index is 107. The van der Waals surface area contributed by atoms with Crippen LogP contribution in [0.25, 0.3) is 0 Å². The molecular weight excluding hydrogens is 108 g/mol. The lowest BCUT2D eigenvalue weighted by Crippen LogP contribution is -1.66. The summed E-state index contributed by atoms with van der Waals surface area (Å²) in [6, 6.07) is 0. The largest absolute Gasteiger partial charge is 0.0843 e. The Kier molecular flexibility index (Phi) is 5.29. The predicted octanol–water partition coefficient (Wildman–Crippen LogP) is 3.11. The van der Waals surface area contributed by atoms with Gasteiger partial charge in [0.2, 0.25) is 0 Å². The average Bonchev–Trinajstić information content (AvgIpc) is 1.89. The van der Waals surface area contributed by atoms with Gasteiger partial charge in [0.15, 0.2) is 0 Å². The third kappa shape index (κ3) is 5.35. The lowest BCUT2D eigenvalue weighted by Gasteiger charge is -1.86. The van der Waals surface area contributed by atoms with Crippen LogP contribution < -0.4 is 0 Å². The van der Waals surface area contributed by atoms with Crippen LogP contribution in [-0.2, 0) is 0 Å². The highest BCUT2D eigenvalue weighted by Crippen LogP contribution is 1.95. The van der Waals surface area contributed by atoms with Crippen LogP contribution in [0.4, 0.5) is 0 Å². The van der Waals surface area contributed by atoms with Gasteiger partial charge in [-0.05, 0) is 31.9 Å². The van der Waals surface area contributed by atoms with Crippen molar-refractivity contribution in [1.82, 2.24) is 0 Å². The fraction of sp³-hybridized carbons (Fsp3) is 0.556. The van der Waals surface area contributed by atoms with Gasteiger partial charge in [0, 0.05) is 0 Å². The zero-order valence-corrected chi connectivity index (χ0v) is 6.57. The average molecular weight is 123 g/mol. The second kappa shape index (κ2) is 5.61. The Morgan fingerprint density at radius 3 is 2.67 bits per heavy atom. The molecule has 0 nitrogen and oxygen atoms in total. The smallest absolute Gasteiger partial charge is 0.0350 e. The van der Waals surface area contributed by atoms with Gasteiger partial charge in [0.25, 0.3) is 0 Å². The first-order chi connectivity index (χ1) is 4.31. The van der Waals surface area contributed by atoms with Gasteiger partial charge in [-0.2, -0.15) is 0 Å². The molecule has 0 aliphatic rings. The molecule has 0 aliphatic carbocycles. The summed E-state index contributed by atoms with van der Waals surface area (Å²) in [6.07, 6.45) is 9.76. The van der Waals surface area contributed by atoms with Crippen LogP contribution >= 0.6 is 0 Å². The first kappa shape index (κ1) is 8.48. The molecule has 0 heteroatoms. The minimum absolute atomic E-state index is 1.18. The molecule has 0 N–H and O–H groups in total. The highest BCUT2D eigenvalue weighted by Gasteiger charge is 1.75. The molecule has 0 fully saturated rings. The van der Waals surface area contributed by atoms with Crippen molar-refractivity contribution in [3.63, 3.8) is 0 Å². The number of unbranched alkanes of at least 4 members (excludes halogenated alkanes) is 1. The SMILES string of the molecule is C/[C]=C(\C)C=CCCC. The van der Waals surface area contributed by atoms with E-state index in [1.165, 1.54) is 18.4 Å². The van der Waals surface area contributed by atoms with E-state index in [2.05, 4.69) is 32.1 Å². The monoisotopic (exact) mass is 123 g/mol. The Labute approximate surface area is 58.3 Å². The van der Waals surface area contributed by atoms with Crippen molar-refractivity contribution in [3.05, 3.63) is 23.8 Å². The summed E-state index contributed by atoms with van der Waals surface area (Å²) in [5, 5.41) is 0. The fourth-order valence-electron chi connectivity index (χ4n) is 0.510. The van der Waals surface area contributed by atoms with Gasteiger partial charge in [-0.15, -0.1) is 0 Å². The van der Waals surface area contributed by atoms with Gasteiger partial charge >= 0.3 is 0 Å². The Hall–Kier alpha value is -0.520. The quantitative estimate of drug-likeness (QED) is 0.506. The van der Waals surface area contributed by atoms with Crippen molar-refractivity contribution in [2.24, 2.45) is 0 Å². The lowest BCUT2D eigenvalue weighted by molar-refractivity contribution is 0.957. The summed E-state index contributed by atoms with van der Waals surface area (Å²) in [6.45, 7) is 6.18. The second-order valence-corrected chi connectivity index (χ2v) is 2.12. The van der Waals surface area contributed by atoms with Crippen LogP contribution in [0.15, 0.2) is 17.7 Å². The van der Waals surface area contributed by atoms with Crippen molar-refractivity contribution in [3.8, 4) is 0 Å². The van der Waals surface area contributed by atoms with Crippen LogP contribution in [0.1, 0.15) is 33.6 Å². The molecule has 1 radical (unpaired) electrons. The normalized spacial score (nSPS) is 13.0. The van der Waals surface area contributed by atoms with Gasteiger partial charge in [0.1, 0.15) is 0 Å². The van der Waals surface area contributed by atoms with E-state index >= 15 is 0 Å². The molecule has 0 aromatic heterocycles. The van der Waals surface area contributed by atoms with E-state index in [0.717, 1.165) is 0 Å². The van der Waals surface area contributed by atoms with E-state index in [-0.39, 0.29) is 0 Å². The first-order valence-electron chi connectivity index (χ1n) is 3.49. The third-order valence-corrected chi connectivity index (χ3v) is 1.22. The second-order valence-electron chi connectivity index (χ2n) is 2.12.